The van der Waals surface area contributed by atoms with Gasteiger partial charge in [0.15, 0.2) is 0 Å². The molecule has 0 bridgehead atoms. The second-order valence-corrected chi connectivity index (χ2v) is 7.03. The van der Waals surface area contributed by atoms with Crippen LogP contribution in [-0.4, -0.2) is 32.6 Å². The van der Waals surface area contributed by atoms with E-state index in [2.05, 4.69) is 32.5 Å². The van der Waals surface area contributed by atoms with Crippen LogP contribution in [0.15, 0.2) is 67.4 Å². The van der Waals surface area contributed by atoms with Gasteiger partial charge in [0.2, 0.25) is 0 Å². The average Bonchev–Trinajstić information content (AvgIpc) is 3.21. The summed E-state index contributed by atoms with van der Waals surface area (Å²) in [6.45, 7) is 2.05. The first kappa shape index (κ1) is 20.2. The van der Waals surface area contributed by atoms with E-state index in [9.17, 15) is 4.39 Å². The summed E-state index contributed by atoms with van der Waals surface area (Å²) in [6, 6.07) is 12.7. The third-order valence-electron chi connectivity index (χ3n) is 4.97. The molecule has 4 aromatic rings. The lowest BCUT2D eigenvalue weighted by molar-refractivity contribution is 0.626. The fraction of sp³-hybridized carbons (Fsp3) is 0.130. The van der Waals surface area contributed by atoms with Gasteiger partial charge >= 0.3 is 0 Å². The van der Waals surface area contributed by atoms with Crippen molar-refractivity contribution in [3.05, 3.63) is 84.3 Å². The number of allylic oxidation sites excluding steroid dienone is 1. The molecular formula is C23H22FN7. The molecule has 0 spiro atoms. The van der Waals surface area contributed by atoms with Gasteiger partial charge in [0.25, 0.3) is 0 Å². The number of imidazole rings is 1. The first-order chi connectivity index (χ1) is 15.1. The maximum atomic E-state index is 13.4. The molecule has 1 atom stereocenters. The Balaban J connectivity index is 1.55. The first-order valence-corrected chi connectivity index (χ1v) is 9.79. The monoisotopic (exact) mass is 415 g/mol. The highest BCUT2D eigenvalue weighted by Crippen LogP contribution is 2.24. The lowest BCUT2D eigenvalue weighted by atomic mass is 10.0. The highest BCUT2D eigenvalue weighted by atomic mass is 19.1. The maximum absolute atomic E-state index is 13.4. The van der Waals surface area contributed by atoms with Crippen LogP contribution in [0.1, 0.15) is 24.1 Å². The Morgan fingerprint density at radius 1 is 1.13 bits per heavy atom. The Labute approximate surface area is 179 Å². The van der Waals surface area contributed by atoms with E-state index in [0.29, 0.717) is 17.2 Å². The van der Waals surface area contributed by atoms with Crippen LogP contribution in [0.3, 0.4) is 0 Å². The SMILES string of the molecule is CN/C=C(\C=N)c1ccc(C(C)Nc2cc(-c3cnc4cc(F)ccn34)ncn2)cc1. The first-order valence-electron chi connectivity index (χ1n) is 9.79. The Morgan fingerprint density at radius 2 is 1.94 bits per heavy atom. The van der Waals surface area contributed by atoms with Crippen LogP contribution in [0.25, 0.3) is 22.6 Å². The van der Waals surface area contributed by atoms with E-state index in [0.717, 1.165) is 22.4 Å². The normalized spacial score (nSPS) is 12.5. The zero-order valence-corrected chi connectivity index (χ0v) is 17.2. The predicted octanol–water partition coefficient (Wildman–Crippen LogP) is 4.31. The van der Waals surface area contributed by atoms with Crippen molar-refractivity contribution >= 4 is 23.3 Å². The summed E-state index contributed by atoms with van der Waals surface area (Å²) in [7, 11) is 1.81. The molecule has 3 aromatic heterocycles. The van der Waals surface area contributed by atoms with Crippen molar-refractivity contribution in [1.82, 2.24) is 24.7 Å². The van der Waals surface area contributed by atoms with Gasteiger partial charge in [-0.1, -0.05) is 24.3 Å². The number of fused-ring (bicyclic) bond motifs is 1. The van der Waals surface area contributed by atoms with E-state index >= 15 is 0 Å². The van der Waals surface area contributed by atoms with Gasteiger partial charge in [-0.2, -0.15) is 0 Å². The van der Waals surface area contributed by atoms with Crippen molar-refractivity contribution in [3.8, 4) is 11.4 Å². The number of halogens is 1. The van der Waals surface area contributed by atoms with Gasteiger partial charge in [0, 0.05) is 49.4 Å². The quantitative estimate of drug-likeness (QED) is 0.391. The number of hydrogen-bond donors (Lipinski definition) is 3. The van der Waals surface area contributed by atoms with Crippen molar-refractivity contribution in [3.63, 3.8) is 0 Å². The van der Waals surface area contributed by atoms with Crippen LogP contribution >= 0.6 is 0 Å². The number of nitrogens with one attached hydrogen (secondary N) is 3. The number of hydrogen-bond acceptors (Lipinski definition) is 6. The maximum Gasteiger partial charge on any atom is 0.140 e. The number of rotatable bonds is 7. The molecule has 3 heterocycles. The molecule has 0 saturated heterocycles. The summed E-state index contributed by atoms with van der Waals surface area (Å²) in [4.78, 5) is 12.9. The van der Waals surface area contributed by atoms with E-state index in [1.54, 1.807) is 23.0 Å². The van der Waals surface area contributed by atoms with Crippen molar-refractivity contribution in [2.45, 2.75) is 13.0 Å². The van der Waals surface area contributed by atoms with E-state index in [1.165, 1.54) is 24.7 Å². The fourth-order valence-corrected chi connectivity index (χ4v) is 3.35. The molecule has 156 valence electrons. The minimum absolute atomic E-state index is 0.00444. The molecule has 0 aliphatic heterocycles. The van der Waals surface area contributed by atoms with Gasteiger partial charge in [-0.15, -0.1) is 0 Å². The third-order valence-corrected chi connectivity index (χ3v) is 4.97. The van der Waals surface area contributed by atoms with Crippen molar-refractivity contribution < 1.29 is 4.39 Å². The number of aromatic nitrogens is 4. The van der Waals surface area contributed by atoms with Crippen LogP contribution in [-0.2, 0) is 0 Å². The molecule has 0 saturated carbocycles. The van der Waals surface area contributed by atoms with Gasteiger partial charge in [-0.05, 0) is 24.1 Å². The number of pyridine rings is 1. The highest BCUT2D eigenvalue weighted by molar-refractivity contribution is 6.08. The topological polar surface area (TPSA) is 91.0 Å². The number of nitrogens with zero attached hydrogens (tertiary/aromatic N) is 4. The second kappa shape index (κ2) is 8.74. The molecule has 0 aliphatic rings. The summed E-state index contributed by atoms with van der Waals surface area (Å²) in [6.07, 6.45) is 7.92. The molecule has 4 rings (SSSR count). The molecule has 3 N–H and O–H groups in total. The van der Waals surface area contributed by atoms with E-state index in [-0.39, 0.29) is 11.9 Å². The Hall–Kier alpha value is -4.07. The molecular weight excluding hydrogens is 393 g/mol. The zero-order valence-electron chi connectivity index (χ0n) is 17.2. The van der Waals surface area contributed by atoms with Gasteiger partial charge in [0.1, 0.15) is 23.6 Å². The zero-order chi connectivity index (χ0) is 21.8. The molecule has 31 heavy (non-hydrogen) atoms. The van der Waals surface area contributed by atoms with E-state index in [4.69, 9.17) is 5.41 Å². The van der Waals surface area contributed by atoms with Crippen LogP contribution in [0.2, 0.25) is 0 Å². The lowest BCUT2D eigenvalue weighted by Gasteiger charge is -2.16. The third kappa shape index (κ3) is 4.28. The Kier molecular flexibility index (Phi) is 5.70. The molecule has 0 radical (unpaired) electrons. The van der Waals surface area contributed by atoms with Crippen molar-refractivity contribution in [2.24, 2.45) is 0 Å². The Morgan fingerprint density at radius 3 is 2.68 bits per heavy atom. The lowest BCUT2D eigenvalue weighted by Crippen LogP contribution is -2.08. The number of anilines is 1. The fourth-order valence-electron chi connectivity index (χ4n) is 3.35. The molecule has 0 fully saturated rings. The van der Waals surface area contributed by atoms with Crippen LogP contribution in [0, 0.1) is 11.2 Å². The van der Waals surface area contributed by atoms with Gasteiger partial charge < -0.3 is 16.0 Å². The average molecular weight is 415 g/mol. The molecule has 0 amide bonds. The van der Waals surface area contributed by atoms with Gasteiger partial charge in [0.05, 0.1) is 17.6 Å². The minimum Gasteiger partial charge on any atom is -0.393 e. The largest absolute Gasteiger partial charge is 0.393 e. The molecule has 7 nitrogen and oxygen atoms in total. The minimum atomic E-state index is -0.330. The standard InChI is InChI=1S/C23H22FN7/c1-15(16-3-5-17(6-4-16)18(11-25)12-26-2)30-22-10-20(28-14-29-22)21-13-27-23-9-19(24)7-8-31(21)23/h3-15,25-26H,1-2H3,(H,28,29,30)/b18-12+,25-11?. The predicted molar refractivity (Wildman–Crippen MR) is 120 cm³/mol. The molecule has 8 heteroatoms. The van der Waals surface area contributed by atoms with Crippen molar-refractivity contribution in [2.75, 3.05) is 12.4 Å². The highest BCUT2D eigenvalue weighted by Gasteiger charge is 2.11. The summed E-state index contributed by atoms with van der Waals surface area (Å²) >= 11 is 0. The summed E-state index contributed by atoms with van der Waals surface area (Å²) in [5.74, 6) is 0.345. The van der Waals surface area contributed by atoms with E-state index < -0.39 is 0 Å². The summed E-state index contributed by atoms with van der Waals surface area (Å²) < 4.78 is 15.2. The smallest absolute Gasteiger partial charge is 0.140 e. The van der Waals surface area contributed by atoms with Crippen LogP contribution in [0.5, 0.6) is 0 Å². The van der Waals surface area contributed by atoms with E-state index in [1.807, 2.05) is 37.4 Å². The van der Waals surface area contributed by atoms with Gasteiger partial charge in [-0.3, -0.25) is 4.40 Å². The summed E-state index contributed by atoms with van der Waals surface area (Å²) in [5, 5.41) is 13.9. The van der Waals surface area contributed by atoms with Crippen LogP contribution in [0.4, 0.5) is 10.2 Å². The van der Waals surface area contributed by atoms with Crippen LogP contribution < -0.4 is 10.6 Å². The Bertz CT molecular complexity index is 1240. The van der Waals surface area contributed by atoms with Gasteiger partial charge in [-0.25, -0.2) is 19.3 Å². The molecule has 1 unspecified atom stereocenters. The van der Waals surface area contributed by atoms with Crippen molar-refractivity contribution in [1.29, 1.82) is 5.41 Å². The molecule has 1 aromatic carbocycles. The second-order valence-electron chi connectivity index (χ2n) is 7.03. The summed E-state index contributed by atoms with van der Waals surface area (Å²) in [5.41, 5.74) is 4.83. The number of benzene rings is 1. The molecule has 0 aliphatic carbocycles.